The fourth-order valence-corrected chi connectivity index (χ4v) is 2.48. The second-order valence-electron chi connectivity index (χ2n) is 5.65. The van der Waals surface area contributed by atoms with Crippen molar-refractivity contribution in [1.82, 2.24) is 5.32 Å². The number of carbonyl (C=O) groups excluding carboxylic acids is 2. The zero-order valence-electron chi connectivity index (χ0n) is 12.2. The van der Waals surface area contributed by atoms with E-state index in [-0.39, 0.29) is 5.92 Å². The average molecular weight is 296 g/mol. The molecule has 1 aliphatic rings. The molecule has 1 aliphatic heterocycles. The summed E-state index contributed by atoms with van der Waals surface area (Å²) in [5, 5.41) is 2.61. The van der Waals surface area contributed by atoms with Crippen molar-refractivity contribution in [2.45, 2.75) is 39.3 Å². The molecule has 4 nitrogen and oxygen atoms in total. The molecule has 0 radical (unpaired) electrons. The number of nitrogens with zero attached hydrogens (tertiary/aromatic N) is 1. The zero-order chi connectivity index (χ0) is 15.7. The molecule has 0 aliphatic carbocycles. The molecule has 114 valence electrons. The molecule has 2 unspecified atom stereocenters. The van der Waals surface area contributed by atoms with Gasteiger partial charge in [-0.1, -0.05) is 19.9 Å². The number of halogens is 2. The monoisotopic (exact) mass is 296 g/mol. The van der Waals surface area contributed by atoms with E-state index >= 15 is 0 Å². The minimum absolute atomic E-state index is 0.167. The van der Waals surface area contributed by atoms with Crippen molar-refractivity contribution in [2.24, 2.45) is 5.92 Å². The molecule has 0 spiro atoms. The number of amides is 2. The summed E-state index contributed by atoms with van der Waals surface area (Å²) < 4.78 is 27.9. The normalized spacial score (nSPS) is 22.7. The maximum absolute atomic E-state index is 13.9. The average Bonchev–Trinajstić information content (AvgIpc) is 2.39. The highest BCUT2D eigenvalue weighted by atomic mass is 19.1. The molecule has 2 amide bonds. The Bertz CT molecular complexity index is 555. The standard InChI is InChI=1S/C15H18F2N2O2/c1-8(2)7-12-15(21)19(9(3)14(20)18-12)13-10(16)5-4-6-11(13)17/h4-6,8-9,12H,7H2,1-3H3,(H,18,20). The molecule has 0 bridgehead atoms. The minimum atomic E-state index is -0.952. The third-order valence-corrected chi connectivity index (χ3v) is 3.50. The minimum Gasteiger partial charge on any atom is -0.342 e. The van der Waals surface area contributed by atoms with Crippen LogP contribution in [0, 0.1) is 17.6 Å². The van der Waals surface area contributed by atoms with Crippen molar-refractivity contribution in [3.8, 4) is 0 Å². The predicted molar refractivity (Wildman–Crippen MR) is 74.7 cm³/mol. The van der Waals surface area contributed by atoms with Gasteiger partial charge in [-0.2, -0.15) is 0 Å². The van der Waals surface area contributed by atoms with Crippen molar-refractivity contribution in [1.29, 1.82) is 0 Å². The van der Waals surface area contributed by atoms with Crippen molar-refractivity contribution in [3.63, 3.8) is 0 Å². The van der Waals surface area contributed by atoms with Gasteiger partial charge in [-0.15, -0.1) is 0 Å². The van der Waals surface area contributed by atoms with E-state index in [1.807, 2.05) is 13.8 Å². The first-order valence-corrected chi connectivity index (χ1v) is 6.90. The highest BCUT2D eigenvalue weighted by Crippen LogP contribution is 2.28. The number of anilines is 1. The Morgan fingerprint density at radius 2 is 1.81 bits per heavy atom. The van der Waals surface area contributed by atoms with E-state index < -0.39 is 41.2 Å². The van der Waals surface area contributed by atoms with Gasteiger partial charge in [0.1, 0.15) is 29.4 Å². The number of benzene rings is 1. The molecular weight excluding hydrogens is 278 g/mol. The zero-order valence-corrected chi connectivity index (χ0v) is 12.2. The Hall–Kier alpha value is -1.98. The summed E-state index contributed by atoms with van der Waals surface area (Å²) in [4.78, 5) is 25.4. The van der Waals surface area contributed by atoms with Gasteiger partial charge >= 0.3 is 0 Å². The smallest absolute Gasteiger partial charge is 0.250 e. The number of hydrogen-bond acceptors (Lipinski definition) is 2. The number of hydrogen-bond donors (Lipinski definition) is 1. The van der Waals surface area contributed by atoms with Gasteiger partial charge in [-0.05, 0) is 31.4 Å². The maximum atomic E-state index is 13.9. The van der Waals surface area contributed by atoms with Crippen LogP contribution in [0.3, 0.4) is 0 Å². The molecule has 1 N–H and O–H groups in total. The predicted octanol–water partition coefficient (Wildman–Crippen LogP) is 2.23. The van der Waals surface area contributed by atoms with Crippen molar-refractivity contribution >= 4 is 17.5 Å². The molecule has 21 heavy (non-hydrogen) atoms. The summed E-state index contributed by atoms with van der Waals surface area (Å²) in [5.41, 5.74) is -0.460. The number of nitrogens with one attached hydrogen (secondary N) is 1. The van der Waals surface area contributed by atoms with Crippen LogP contribution in [0.25, 0.3) is 0 Å². The summed E-state index contributed by atoms with van der Waals surface area (Å²) in [7, 11) is 0. The van der Waals surface area contributed by atoms with Crippen molar-refractivity contribution in [2.75, 3.05) is 4.90 Å². The number of carbonyl (C=O) groups is 2. The van der Waals surface area contributed by atoms with E-state index in [0.29, 0.717) is 6.42 Å². The lowest BCUT2D eigenvalue weighted by molar-refractivity contribution is -0.133. The molecule has 1 saturated heterocycles. The fraction of sp³-hybridized carbons (Fsp3) is 0.467. The van der Waals surface area contributed by atoms with Crippen LogP contribution in [0.2, 0.25) is 0 Å². The highest BCUT2D eigenvalue weighted by Gasteiger charge is 2.41. The molecular formula is C15H18F2N2O2. The molecule has 0 saturated carbocycles. The van der Waals surface area contributed by atoms with Gasteiger partial charge in [-0.25, -0.2) is 8.78 Å². The van der Waals surface area contributed by atoms with Gasteiger partial charge in [0.25, 0.3) is 0 Å². The summed E-state index contributed by atoms with van der Waals surface area (Å²) >= 11 is 0. The van der Waals surface area contributed by atoms with Gasteiger partial charge in [-0.3, -0.25) is 14.5 Å². The third kappa shape index (κ3) is 2.89. The summed E-state index contributed by atoms with van der Waals surface area (Å²) in [6, 6.07) is 1.66. The lowest BCUT2D eigenvalue weighted by Crippen LogP contribution is -2.63. The van der Waals surface area contributed by atoms with Gasteiger partial charge in [0.2, 0.25) is 11.8 Å². The van der Waals surface area contributed by atoms with Gasteiger partial charge in [0, 0.05) is 0 Å². The van der Waals surface area contributed by atoms with Crippen LogP contribution in [0.5, 0.6) is 0 Å². The highest BCUT2D eigenvalue weighted by molar-refractivity contribution is 6.08. The van der Waals surface area contributed by atoms with E-state index in [0.717, 1.165) is 17.0 Å². The number of rotatable bonds is 3. The van der Waals surface area contributed by atoms with Crippen LogP contribution in [0.1, 0.15) is 27.2 Å². The molecule has 1 fully saturated rings. The van der Waals surface area contributed by atoms with Gasteiger partial charge in [0.15, 0.2) is 0 Å². The second kappa shape index (κ2) is 5.79. The quantitative estimate of drug-likeness (QED) is 0.930. The van der Waals surface area contributed by atoms with E-state index in [4.69, 9.17) is 0 Å². The molecule has 1 aromatic rings. The molecule has 1 aromatic carbocycles. The lowest BCUT2D eigenvalue weighted by Gasteiger charge is -2.38. The maximum Gasteiger partial charge on any atom is 0.250 e. The first-order valence-electron chi connectivity index (χ1n) is 6.90. The van der Waals surface area contributed by atoms with Crippen LogP contribution < -0.4 is 10.2 Å². The Balaban J connectivity index is 2.44. The van der Waals surface area contributed by atoms with Gasteiger partial charge < -0.3 is 5.32 Å². The molecule has 2 rings (SSSR count). The molecule has 2 atom stereocenters. The topological polar surface area (TPSA) is 49.4 Å². The molecule has 1 heterocycles. The molecule has 6 heteroatoms. The lowest BCUT2D eigenvalue weighted by atomic mass is 9.98. The summed E-state index contributed by atoms with van der Waals surface area (Å²) in [6.45, 7) is 5.27. The Kier molecular flexibility index (Phi) is 4.25. The second-order valence-corrected chi connectivity index (χ2v) is 5.65. The largest absolute Gasteiger partial charge is 0.342 e. The van der Waals surface area contributed by atoms with E-state index in [2.05, 4.69) is 5.32 Å². The third-order valence-electron chi connectivity index (χ3n) is 3.50. The number of piperazine rings is 1. The van der Waals surface area contributed by atoms with Crippen LogP contribution in [-0.2, 0) is 9.59 Å². The van der Waals surface area contributed by atoms with E-state index in [9.17, 15) is 18.4 Å². The summed E-state index contributed by atoms with van der Waals surface area (Å²) in [5.74, 6) is -2.44. The van der Waals surface area contributed by atoms with Crippen molar-refractivity contribution in [3.05, 3.63) is 29.8 Å². The Morgan fingerprint density at radius 3 is 2.33 bits per heavy atom. The molecule has 0 aromatic heterocycles. The van der Waals surface area contributed by atoms with E-state index in [1.165, 1.54) is 13.0 Å². The SMILES string of the molecule is CC(C)CC1NC(=O)C(C)N(c2c(F)cccc2F)C1=O. The first kappa shape index (κ1) is 15.4. The summed E-state index contributed by atoms with van der Waals surface area (Å²) in [6.07, 6.45) is 0.421. The Labute approximate surface area is 122 Å². The number of para-hydroxylation sites is 1. The van der Waals surface area contributed by atoms with Crippen molar-refractivity contribution < 1.29 is 18.4 Å². The van der Waals surface area contributed by atoms with Crippen LogP contribution in [0.4, 0.5) is 14.5 Å². The van der Waals surface area contributed by atoms with Crippen LogP contribution in [-0.4, -0.2) is 23.9 Å². The van der Waals surface area contributed by atoms with Gasteiger partial charge in [0.05, 0.1) is 0 Å². The Morgan fingerprint density at radius 1 is 1.24 bits per heavy atom. The first-order chi connectivity index (χ1) is 9.82. The van der Waals surface area contributed by atoms with Crippen LogP contribution >= 0.6 is 0 Å². The fourth-order valence-electron chi connectivity index (χ4n) is 2.48. The van der Waals surface area contributed by atoms with Crippen LogP contribution in [0.15, 0.2) is 18.2 Å². The van der Waals surface area contributed by atoms with E-state index in [1.54, 1.807) is 0 Å².